The van der Waals surface area contributed by atoms with Gasteiger partial charge in [-0.25, -0.2) is 0 Å². The normalized spacial score (nSPS) is 12.5. The molecule has 0 saturated heterocycles. The van der Waals surface area contributed by atoms with Gasteiger partial charge in [0.2, 0.25) is 0 Å². The van der Waals surface area contributed by atoms with Crippen molar-refractivity contribution in [2.45, 2.75) is 39.8 Å². The summed E-state index contributed by atoms with van der Waals surface area (Å²) < 4.78 is 7.54. The predicted octanol–water partition coefficient (Wildman–Crippen LogP) is 0.583. The Morgan fingerprint density at radius 1 is 1.47 bits per heavy atom. The molecule has 19 heavy (non-hydrogen) atoms. The second kappa shape index (κ2) is 6.54. The molecule has 0 saturated carbocycles. The molecule has 1 N–H and O–H groups in total. The third kappa shape index (κ3) is 4.97. The average Bonchev–Trinajstić information content (AvgIpc) is 2.74. The molecule has 0 amide bonds. The molecule has 0 fully saturated rings. The second-order valence-electron chi connectivity index (χ2n) is 6.07. The Kier molecular flexibility index (Phi) is 5.58. The van der Waals surface area contributed by atoms with Crippen molar-refractivity contribution in [1.82, 2.24) is 14.7 Å². The second-order valence-corrected chi connectivity index (χ2v) is 6.07. The molecule has 1 heterocycles. The zero-order chi connectivity index (χ0) is 14.6. The van der Waals surface area contributed by atoms with Crippen molar-refractivity contribution in [3.05, 3.63) is 12.4 Å². The summed E-state index contributed by atoms with van der Waals surface area (Å²) in [6.07, 6.45) is 3.50. The van der Waals surface area contributed by atoms with Crippen LogP contribution in [0.5, 0.6) is 0 Å². The Balaban J connectivity index is 2.60. The van der Waals surface area contributed by atoms with Gasteiger partial charge in [0.15, 0.2) is 0 Å². The monoisotopic (exact) mass is 267 g/mol. The number of rotatable bonds is 7. The Morgan fingerprint density at radius 2 is 2.11 bits per heavy atom. The van der Waals surface area contributed by atoms with E-state index in [1.54, 1.807) is 6.20 Å². The maximum atomic E-state index is 10.1. The molecule has 6 heteroatoms. The number of likely N-dealkylation sites (N-methyl/N-ethyl adjacent to an activating group) is 1. The van der Waals surface area contributed by atoms with E-state index in [4.69, 9.17) is 4.65 Å². The lowest BCUT2D eigenvalue weighted by Gasteiger charge is -2.31. The van der Waals surface area contributed by atoms with Gasteiger partial charge < -0.3 is 14.6 Å². The predicted molar refractivity (Wildman–Crippen MR) is 78.4 cm³/mol. The summed E-state index contributed by atoms with van der Waals surface area (Å²) in [6.45, 7) is 9.83. The van der Waals surface area contributed by atoms with Crippen molar-refractivity contribution in [2.75, 3.05) is 20.6 Å². The molecular weight excluding hydrogens is 241 g/mol. The lowest BCUT2D eigenvalue weighted by Crippen LogP contribution is -2.44. The van der Waals surface area contributed by atoms with Gasteiger partial charge in [-0.2, -0.15) is 5.10 Å². The molecular formula is C13H26BN3O2. The maximum Gasteiger partial charge on any atom is 0.494 e. The Labute approximate surface area is 116 Å². The fourth-order valence-electron chi connectivity index (χ4n) is 1.42. The highest BCUT2D eigenvalue weighted by molar-refractivity contribution is 6.59. The molecule has 0 unspecified atom stereocenters. The quantitative estimate of drug-likeness (QED) is 0.734. The maximum absolute atomic E-state index is 10.1. The summed E-state index contributed by atoms with van der Waals surface area (Å²) in [4.78, 5) is 2.09. The van der Waals surface area contributed by atoms with Gasteiger partial charge >= 0.3 is 7.12 Å². The van der Waals surface area contributed by atoms with E-state index in [9.17, 15) is 5.02 Å². The Morgan fingerprint density at radius 3 is 2.63 bits per heavy atom. The summed E-state index contributed by atoms with van der Waals surface area (Å²) in [5.41, 5.74) is 0.331. The minimum absolute atomic E-state index is 0.325. The summed E-state index contributed by atoms with van der Waals surface area (Å²) in [5, 5.41) is 14.3. The van der Waals surface area contributed by atoms with Crippen LogP contribution in [0.2, 0.25) is 0 Å². The van der Waals surface area contributed by atoms with Crippen LogP contribution in [0.15, 0.2) is 12.4 Å². The first-order chi connectivity index (χ1) is 8.72. The van der Waals surface area contributed by atoms with Crippen molar-refractivity contribution >= 4 is 12.6 Å². The molecule has 1 rings (SSSR count). The van der Waals surface area contributed by atoms with Crippen LogP contribution in [0.25, 0.3) is 0 Å². The van der Waals surface area contributed by atoms with Gasteiger partial charge in [-0.05, 0) is 33.9 Å². The van der Waals surface area contributed by atoms with Crippen LogP contribution in [0.4, 0.5) is 0 Å². The zero-order valence-corrected chi connectivity index (χ0v) is 12.9. The van der Waals surface area contributed by atoms with E-state index in [0.717, 1.165) is 13.1 Å². The molecule has 0 spiro atoms. The first-order valence-corrected chi connectivity index (χ1v) is 6.75. The van der Waals surface area contributed by atoms with Crippen LogP contribution >= 0.6 is 0 Å². The topological polar surface area (TPSA) is 50.5 Å². The van der Waals surface area contributed by atoms with Crippen LogP contribution in [-0.4, -0.2) is 53.1 Å². The third-order valence-corrected chi connectivity index (χ3v) is 3.52. The Hall–Kier alpha value is -0.845. The smallest absolute Gasteiger partial charge is 0.423 e. The molecule has 0 atom stereocenters. The first kappa shape index (κ1) is 16.2. The number of hydrogen-bond donors (Lipinski definition) is 1. The van der Waals surface area contributed by atoms with Gasteiger partial charge in [-0.15, -0.1) is 0 Å². The van der Waals surface area contributed by atoms with E-state index in [1.165, 1.54) is 0 Å². The fourth-order valence-corrected chi connectivity index (χ4v) is 1.42. The van der Waals surface area contributed by atoms with E-state index in [-0.39, 0.29) is 5.60 Å². The van der Waals surface area contributed by atoms with Gasteiger partial charge in [0.05, 0.1) is 12.1 Å². The lowest BCUT2D eigenvalue weighted by atomic mass is 9.79. The van der Waals surface area contributed by atoms with E-state index in [0.29, 0.717) is 11.4 Å². The van der Waals surface area contributed by atoms with Gasteiger partial charge in [0.1, 0.15) is 0 Å². The molecule has 108 valence electrons. The third-order valence-electron chi connectivity index (χ3n) is 3.52. The van der Waals surface area contributed by atoms with E-state index in [1.807, 2.05) is 38.8 Å². The summed E-state index contributed by atoms with van der Waals surface area (Å²) in [7, 11) is 3.12. The average molecular weight is 267 g/mol. The van der Waals surface area contributed by atoms with E-state index in [2.05, 4.69) is 23.8 Å². The summed E-state index contributed by atoms with van der Waals surface area (Å²) in [5.74, 6) is 0.325. The zero-order valence-electron chi connectivity index (χ0n) is 12.9. The lowest BCUT2D eigenvalue weighted by molar-refractivity contribution is 0.0423. The van der Waals surface area contributed by atoms with Crippen LogP contribution in [0.3, 0.4) is 0 Å². The van der Waals surface area contributed by atoms with E-state index >= 15 is 0 Å². The number of nitrogens with zero attached hydrogens (tertiary/aromatic N) is 3. The Bertz CT molecular complexity index is 391. The minimum Gasteiger partial charge on any atom is -0.423 e. The van der Waals surface area contributed by atoms with Crippen molar-refractivity contribution in [3.8, 4) is 0 Å². The largest absolute Gasteiger partial charge is 0.494 e. The van der Waals surface area contributed by atoms with Crippen LogP contribution in [0.1, 0.15) is 27.7 Å². The van der Waals surface area contributed by atoms with Gasteiger partial charge in [-0.1, -0.05) is 13.8 Å². The number of hydrogen-bond acceptors (Lipinski definition) is 4. The summed E-state index contributed by atoms with van der Waals surface area (Å²) in [6, 6.07) is 0. The van der Waals surface area contributed by atoms with Crippen molar-refractivity contribution in [2.24, 2.45) is 5.92 Å². The molecule has 0 radical (unpaired) electrons. The molecule has 0 aliphatic rings. The van der Waals surface area contributed by atoms with Crippen LogP contribution in [0, 0.1) is 5.92 Å². The van der Waals surface area contributed by atoms with Crippen molar-refractivity contribution in [1.29, 1.82) is 0 Å². The van der Waals surface area contributed by atoms with Crippen LogP contribution < -0.4 is 5.46 Å². The van der Waals surface area contributed by atoms with Gasteiger partial charge in [0, 0.05) is 24.4 Å². The number of aromatic nitrogens is 2. The highest BCUT2D eigenvalue weighted by atomic mass is 16.5. The molecule has 1 aromatic heterocycles. The SMILES string of the molecule is CC(C)C(C)(C)OB(O)c1cnn(CCN(C)C)c1. The molecule has 1 aromatic rings. The molecule has 0 aliphatic carbocycles. The first-order valence-electron chi connectivity index (χ1n) is 6.75. The minimum atomic E-state index is -0.925. The van der Waals surface area contributed by atoms with Crippen molar-refractivity contribution < 1.29 is 9.68 Å². The standard InChI is InChI=1S/C13H26BN3O2/c1-11(2)13(3,4)19-14(18)12-9-15-17(10-12)8-7-16(5)6/h9-11,18H,7-8H2,1-6H3. The highest BCUT2D eigenvalue weighted by Crippen LogP contribution is 2.20. The van der Waals surface area contributed by atoms with E-state index < -0.39 is 7.12 Å². The van der Waals surface area contributed by atoms with Crippen LogP contribution in [-0.2, 0) is 11.2 Å². The van der Waals surface area contributed by atoms with Gasteiger partial charge in [-0.3, -0.25) is 4.68 Å². The molecule has 0 aliphatic heterocycles. The molecule has 5 nitrogen and oxygen atoms in total. The molecule has 0 bridgehead atoms. The highest BCUT2D eigenvalue weighted by Gasteiger charge is 2.30. The summed E-state index contributed by atoms with van der Waals surface area (Å²) >= 11 is 0. The fraction of sp³-hybridized carbons (Fsp3) is 0.769. The molecule has 0 aromatic carbocycles. The van der Waals surface area contributed by atoms with Gasteiger partial charge in [0.25, 0.3) is 0 Å². The van der Waals surface area contributed by atoms with Crippen molar-refractivity contribution in [3.63, 3.8) is 0 Å².